The second kappa shape index (κ2) is 52.0. The van der Waals surface area contributed by atoms with Crippen LogP contribution in [0, 0.1) is 17.8 Å². The van der Waals surface area contributed by atoms with E-state index in [9.17, 15) is 128 Å². The summed E-state index contributed by atoms with van der Waals surface area (Å²) < 4.78 is 0. The van der Waals surface area contributed by atoms with Gasteiger partial charge < -0.3 is 137 Å². The molecule has 0 unspecified atom stereocenters. The number of H-pyrrole nitrogens is 1. The van der Waals surface area contributed by atoms with Gasteiger partial charge in [-0.05, 0) is 123 Å². The SMILES string of the molecule is CC[C@H](C)[C@H](NC(=O)[C@H](CCCCN)NC(=O)[C@H](Cc1ccc(O)cc1)NC(=O)[C@@H](N)CCC(=O)O)C(=O)N[C@@H](CC(C)C)C(=O)N[C@@H](CCC(=O)O)C(=O)N[C@H](C(=O)N[C@H](C(=O)N[C@@H](Cc1ccc(O)cc1)C(=O)N[C@@H](CO)C(=O)N[C@@H](Cc1cnc[nH]1)C(=O)N[C@@H](Cc1ccc(O)cc1)C(=O)N[C@@H](CO)C(=O)N[C@@H](CO)C(=O)O)[C@@H](C)CC)[C@@H](C)O. The smallest absolute Gasteiger partial charge is 0.328 e. The number of carbonyl (C=O) groups excluding carboxylic acids is 13. The summed E-state index contributed by atoms with van der Waals surface area (Å²) in [5.74, 6) is -21.0. The van der Waals surface area contributed by atoms with Crippen molar-refractivity contribution >= 4 is 94.7 Å². The molecule has 123 heavy (non-hydrogen) atoms. The molecule has 0 aliphatic heterocycles. The zero-order valence-electron chi connectivity index (χ0n) is 69.3. The molecule has 28 N–H and O–H groups in total. The number of benzene rings is 3. The number of phenolic OH excluding ortho intramolecular Hbond substituents is 3. The first-order valence-corrected chi connectivity index (χ1v) is 40.0. The van der Waals surface area contributed by atoms with Gasteiger partial charge in [-0.2, -0.15) is 0 Å². The van der Waals surface area contributed by atoms with Gasteiger partial charge in [0, 0.05) is 50.4 Å². The summed E-state index contributed by atoms with van der Waals surface area (Å²) in [5.41, 5.74) is 13.0. The second-order valence-corrected chi connectivity index (χ2v) is 30.2. The van der Waals surface area contributed by atoms with E-state index in [1.165, 1.54) is 92.2 Å². The number of nitrogens with zero attached hydrogens (tertiary/aromatic N) is 1. The molecule has 0 saturated carbocycles. The van der Waals surface area contributed by atoms with Gasteiger partial charge in [0.15, 0.2) is 0 Å². The first-order valence-electron chi connectivity index (χ1n) is 40.0. The molecule has 13 amide bonds. The van der Waals surface area contributed by atoms with Gasteiger partial charge in [-0.1, -0.05) is 90.8 Å². The van der Waals surface area contributed by atoms with Gasteiger partial charge in [0.05, 0.1) is 38.3 Å². The second-order valence-electron chi connectivity index (χ2n) is 30.2. The minimum Gasteiger partial charge on any atom is -0.508 e. The number of carbonyl (C=O) groups is 16. The topological polar surface area (TPSA) is 713 Å². The highest BCUT2D eigenvalue weighted by Crippen LogP contribution is 2.20. The molecule has 1 aromatic heterocycles. The predicted molar refractivity (Wildman–Crippen MR) is 436 cm³/mol. The normalized spacial score (nSPS) is 15.4. The number of nitrogens with two attached hydrogens (primary N) is 2. The van der Waals surface area contributed by atoms with Gasteiger partial charge >= 0.3 is 17.9 Å². The summed E-state index contributed by atoms with van der Waals surface area (Å²) in [6, 6.07) is -7.51. The molecule has 678 valence electrons. The molecule has 17 atom stereocenters. The number of amides is 13. The number of phenols is 3. The molecule has 43 nitrogen and oxygen atoms in total. The Labute approximate surface area is 708 Å². The minimum atomic E-state index is -2.01. The number of aliphatic hydroxyl groups excluding tert-OH is 4. The summed E-state index contributed by atoms with van der Waals surface area (Å²) >= 11 is 0. The molecule has 4 aromatic rings. The van der Waals surface area contributed by atoms with E-state index in [0.717, 1.165) is 6.92 Å². The predicted octanol–water partition coefficient (Wildman–Crippen LogP) is -5.13. The zero-order chi connectivity index (χ0) is 91.9. The lowest BCUT2D eigenvalue weighted by molar-refractivity contribution is -0.143. The van der Waals surface area contributed by atoms with Crippen LogP contribution in [0.2, 0.25) is 0 Å². The largest absolute Gasteiger partial charge is 0.508 e. The molecule has 0 spiro atoms. The van der Waals surface area contributed by atoms with E-state index in [2.05, 4.69) is 73.8 Å². The number of imidazole rings is 1. The number of carboxylic acid groups (broad SMARTS) is 3. The van der Waals surface area contributed by atoms with Crippen LogP contribution in [0.25, 0.3) is 0 Å². The van der Waals surface area contributed by atoms with Crippen LogP contribution >= 0.6 is 0 Å². The van der Waals surface area contributed by atoms with E-state index in [0.29, 0.717) is 17.5 Å². The van der Waals surface area contributed by atoms with Crippen molar-refractivity contribution in [3.8, 4) is 17.2 Å². The number of unbranched alkanes of at least 4 members (excludes halogenated alkanes) is 1. The Balaban J connectivity index is 1.62. The minimum absolute atomic E-state index is 0.0542. The number of carboxylic acids is 3. The fraction of sp³-hybridized carbons (Fsp3) is 0.537. The van der Waals surface area contributed by atoms with E-state index in [-0.39, 0.29) is 80.0 Å². The quantitative estimate of drug-likeness (QED) is 0.0184. The molecule has 0 aliphatic rings. The fourth-order valence-electron chi connectivity index (χ4n) is 12.3. The van der Waals surface area contributed by atoms with Gasteiger partial charge in [0.1, 0.15) is 95.8 Å². The van der Waals surface area contributed by atoms with Crippen LogP contribution in [0.4, 0.5) is 0 Å². The van der Waals surface area contributed by atoms with Crippen molar-refractivity contribution < 1.29 is 128 Å². The number of hydrogen-bond donors (Lipinski definition) is 26. The summed E-state index contributed by atoms with van der Waals surface area (Å²) in [6.45, 7) is 7.65. The van der Waals surface area contributed by atoms with Gasteiger partial charge in [-0.3, -0.25) is 71.9 Å². The van der Waals surface area contributed by atoms with Crippen LogP contribution in [-0.4, -0.2) is 273 Å². The lowest BCUT2D eigenvalue weighted by Crippen LogP contribution is -2.63. The molecule has 4 rings (SSSR count). The van der Waals surface area contributed by atoms with Gasteiger partial charge in [-0.25, -0.2) is 9.78 Å². The lowest BCUT2D eigenvalue weighted by Gasteiger charge is -2.31. The van der Waals surface area contributed by atoms with Crippen LogP contribution in [0.15, 0.2) is 85.3 Å². The Morgan fingerprint density at radius 1 is 0.382 bits per heavy atom. The molecule has 3 aromatic carbocycles. The molecular weight excluding hydrogens is 1610 g/mol. The molecular formula is C80H117N17O26. The van der Waals surface area contributed by atoms with Crippen LogP contribution in [0.3, 0.4) is 0 Å². The molecule has 0 aliphatic carbocycles. The maximum Gasteiger partial charge on any atom is 0.328 e. The van der Waals surface area contributed by atoms with Crippen LogP contribution in [0.5, 0.6) is 17.2 Å². The fourth-order valence-corrected chi connectivity index (χ4v) is 12.3. The Morgan fingerprint density at radius 3 is 1.07 bits per heavy atom. The summed E-state index contributed by atoms with van der Waals surface area (Å²) in [4.78, 5) is 228. The van der Waals surface area contributed by atoms with Crippen molar-refractivity contribution in [2.24, 2.45) is 29.2 Å². The molecule has 0 bridgehead atoms. The van der Waals surface area contributed by atoms with Crippen LogP contribution in [0.1, 0.15) is 135 Å². The molecule has 0 saturated heterocycles. The molecule has 43 heteroatoms. The number of aromatic amines is 1. The Morgan fingerprint density at radius 2 is 0.699 bits per heavy atom. The van der Waals surface area contributed by atoms with Crippen molar-refractivity contribution in [1.82, 2.24) is 79.1 Å². The van der Waals surface area contributed by atoms with Crippen LogP contribution < -0.4 is 80.6 Å². The van der Waals surface area contributed by atoms with Crippen molar-refractivity contribution in [3.05, 3.63) is 108 Å². The maximum absolute atomic E-state index is 14.8. The average molecular weight is 1730 g/mol. The first kappa shape index (κ1) is 103. The average Bonchev–Trinajstić information content (AvgIpc) is 0.925. The Bertz CT molecular complexity index is 4180. The van der Waals surface area contributed by atoms with E-state index in [1.807, 2.05) is 5.32 Å². The van der Waals surface area contributed by atoms with Gasteiger partial charge in [0.2, 0.25) is 76.8 Å². The van der Waals surface area contributed by atoms with E-state index < -0.39 is 261 Å². The van der Waals surface area contributed by atoms with E-state index >= 15 is 0 Å². The maximum atomic E-state index is 14.8. The third-order valence-corrected chi connectivity index (χ3v) is 19.9. The molecule has 0 fully saturated rings. The standard InChI is InChI=1S/C80H117N17O26/c1-8-41(5)64(95-68(110)52(12-10-11-29-81)85-71(113)55(31-44-13-19-48(102)20-14-44)87-67(109)51(82)25-27-62(105)106)77(119)90-54(30-40(3)4)70(112)86-53(26-28-63(107)108)69(111)97-66(43(7)101)79(121)96-65(42(6)9-2)78(120)91-57(33-46-17-23-50(104)24-18-46)73(115)92-59(36-98)75(117)89-58(34-47-35-83-39-84-47)74(116)88-56(32-45-15-21-49(103)22-16-45)72(114)93-60(37-99)76(118)94-61(38-100)80(122)123/h13-24,35,39-43,51-61,64-66,98-104H,8-12,25-34,36-38,81-82H2,1-7H3,(H,83,84)(H,85,113)(H,86,112)(H,87,109)(H,88,116)(H,89,117)(H,90,119)(H,91,120)(H,92,115)(H,93,114)(H,94,118)(H,95,110)(H,96,121)(H,97,111)(H,105,106)(H,107,108)(H,122,123)/t41-,42-,43+,51-,52-,53-,54-,55-,56-,57-,58-,59-,60-,61-,64-,65-,66-/m0/s1. The van der Waals surface area contributed by atoms with Gasteiger partial charge in [0.25, 0.3) is 0 Å². The number of aromatic nitrogens is 2. The highest BCUT2D eigenvalue weighted by atomic mass is 16.4. The Kier molecular flexibility index (Phi) is 43.5. The number of nitrogens with one attached hydrogen (secondary N) is 14. The van der Waals surface area contributed by atoms with Gasteiger partial charge in [-0.15, -0.1) is 0 Å². The summed E-state index contributed by atoms with van der Waals surface area (Å²) in [5, 5.41) is 132. The highest BCUT2D eigenvalue weighted by Gasteiger charge is 2.41. The Hall–Kier alpha value is -12.4. The van der Waals surface area contributed by atoms with Crippen LogP contribution in [-0.2, 0) is 102 Å². The van der Waals surface area contributed by atoms with E-state index in [4.69, 9.17) is 11.5 Å². The van der Waals surface area contributed by atoms with Crippen molar-refractivity contribution in [2.75, 3.05) is 26.4 Å². The molecule has 0 radical (unpaired) electrons. The number of rotatable bonds is 55. The number of aromatic hydroxyl groups is 3. The monoisotopic (exact) mass is 1730 g/mol. The zero-order valence-corrected chi connectivity index (χ0v) is 69.3. The third-order valence-electron chi connectivity index (χ3n) is 19.9. The van der Waals surface area contributed by atoms with Crippen molar-refractivity contribution in [1.29, 1.82) is 0 Å². The first-order chi connectivity index (χ1) is 58.1. The lowest BCUT2D eigenvalue weighted by atomic mass is 9.95. The third kappa shape index (κ3) is 35.3. The summed E-state index contributed by atoms with van der Waals surface area (Å²) in [7, 11) is 0. The summed E-state index contributed by atoms with van der Waals surface area (Å²) in [6.07, 6.45) is -2.25. The molecule has 1 heterocycles. The van der Waals surface area contributed by atoms with Crippen molar-refractivity contribution in [3.63, 3.8) is 0 Å². The van der Waals surface area contributed by atoms with E-state index in [1.54, 1.807) is 34.6 Å². The van der Waals surface area contributed by atoms with Crippen molar-refractivity contribution in [2.45, 2.75) is 229 Å². The number of hydrogen-bond acceptors (Lipinski definition) is 26. The highest BCUT2D eigenvalue weighted by molar-refractivity contribution is 6.01. The number of aliphatic hydroxyl groups is 4. The number of aliphatic carboxylic acids is 3.